The molecule has 1 N–H and O–H groups in total. The summed E-state index contributed by atoms with van der Waals surface area (Å²) in [7, 11) is 0. The molecule has 1 aromatic heterocycles. The molecule has 0 unspecified atom stereocenters. The number of imide groups is 1. The van der Waals surface area contributed by atoms with Crippen LogP contribution in [0.2, 0.25) is 0 Å². The predicted molar refractivity (Wildman–Crippen MR) is 118 cm³/mol. The number of hydrogen-bond acceptors (Lipinski definition) is 5. The highest BCUT2D eigenvalue weighted by Crippen LogP contribution is 2.66. The fourth-order valence-electron chi connectivity index (χ4n) is 5.65. The van der Waals surface area contributed by atoms with E-state index >= 15 is 0 Å². The smallest absolute Gasteiger partial charge is 0.245 e. The van der Waals surface area contributed by atoms with Crippen molar-refractivity contribution in [2.24, 2.45) is 11.8 Å². The lowest BCUT2D eigenvalue weighted by atomic mass is 9.55. The van der Waals surface area contributed by atoms with Crippen molar-refractivity contribution >= 4 is 39.5 Å². The molecule has 2 atom stereocenters. The van der Waals surface area contributed by atoms with E-state index in [-0.39, 0.29) is 30.1 Å². The minimum atomic E-state index is -0.819. The number of hydrogen-bond donors (Lipinski definition) is 1. The number of benzene rings is 2. The van der Waals surface area contributed by atoms with Crippen LogP contribution < -0.4 is 5.32 Å². The van der Waals surface area contributed by atoms with E-state index in [9.17, 15) is 14.4 Å². The second-order valence-electron chi connectivity index (χ2n) is 8.50. The highest BCUT2D eigenvalue weighted by molar-refractivity contribution is 9.09. The molecule has 32 heavy (non-hydrogen) atoms. The third kappa shape index (κ3) is 2.41. The molecule has 1 saturated heterocycles. The average molecular weight is 492 g/mol. The van der Waals surface area contributed by atoms with Crippen LogP contribution in [-0.4, -0.2) is 34.3 Å². The zero-order valence-corrected chi connectivity index (χ0v) is 18.6. The van der Waals surface area contributed by atoms with Gasteiger partial charge in [0.15, 0.2) is 5.82 Å². The standard InChI is InChI=1S/C24H18BrN3O4/c1-12-10-17(27-32-12)26-18(29)11-28-22(30)20-19-13-6-2-4-8-15(13)24(25,21(20)23(28)31)16-9-5-3-7-14(16)19/h2-10,19-21H,11H2,1H3,(H,26,27,29)/t19?,20-,21-,24?/m0/s1. The lowest BCUT2D eigenvalue weighted by Crippen LogP contribution is -2.50. The fourth-order valence-corrected chi connectivity index (χ4v) is 6.85. The Kier molecular flexibility index (Phi) is 4.02. The summed E-state index contributed by atoms with van der Waals surface area (Å²) in [5.74, 6) is -1.75. The highest BCUT2D eigenvalue weighted by atomic mass is 79.9. The molecule has 7 nitrogen and oxygen atoms in total. The van der Waals surface area contributed by atoms with Crippen LogP contribution >= 0.6 is 15.9 Å². The zero-order chi connectivity index (χ0) is 22.2. The van der Waals surface area contributed by atoms with E-state index < -0.39 is 22.1 Å². The Morgan fingerprint density at radius 3 is 2.31 bits per heavy atom. The lowest BCUT2D eigenvalue weighted by Gasteiger charge is -2.51. The van der Waals surface area contributed by atoms with Crippen LogP contribution in [0.4, 0.5) is 5.82 Å². The molecular weight excluding hydrogens is 474 g/mol. The normalized spacial score (nSPS) is 27.2. The first-order valence-electron chi connectivity index (χ1n) is 10.4. The molecule has 160 valence electrons. The van der Waals surface area contributed by atoms with Crippen molar-refractivity contribution in [1.29, 1.82) is 0 Å². The first-order chi connectivity index (χ1) is 15.4. The number of nitrogens with one attached hydrogen (secondary N) is 1. The van der Waals surface area contributed by atoms with Crippen molar-refractivity contribution in [3.8, 4) is 0 Å². The van der Waals surface area contributed by atoms with Gasteiger partial charge in [-0.15, -0.1) is 0 Å². The van der Waals surface area contributed by atoms with Crippen molar-refractivity contribution in [2.75, 3.05) is 11.9 Å². The molecule has 4 aliphatic rings. The molecule has 0 spiro atoms. The Bertz CT molecular complexity index is 1270. The van der Waals surface area contributed by atoms with Gasteiger partial charge in [-0.05, 0) is 29.2 Å². The highest BCUT2D eigenvalue weighted by Gasteiger charge is 2.67. The van der Waals surface area contributed by atoms with Gasteiger partial charge in [0.1, 0.15) is 12.3 Å². The van der Waals surface area contributed by atoms with Crippen molar-refractivity contribution in [1.82, 2.24) is 10.1 Å². The topological polar surface area (TPSA) is 92.5 Å². The molecule has 0 radical (unpaired) electrons. The molecule has 2 aromatic carbocycles. The maximum absolute atomic E-state index is 13.6. The number of aryl methyl sites for hydroxylation is 1. The minimum Gasteiger partial charge on any atom is -0.360 e. The number of carbonyl (C=O) groups excluding carboxylic acids is 3. The van der Waals surface area contributed by atoms with Crippen LogP contribution in [0.3, 0.4) is 0 Å². The second-order valence-corrected chi connectivity index (χ2v) is 9.75. The predicted octanol–water partition coefficient (Wildman–Crippen LogP) is 3.32. The van der Waals surface area contributed by atoms with Gasteiger partial charge in [-0.25, -0.2) is 0 Å². The number of carbonyl (C=O) groups is 3. The Morgan fingerprint density at radius 2 is 1.72 bits per heavy atom. The van der Waals surface area contributed by atoms with E-state index in [0.29, 0.717) is 5.76 Å². The van der Waals surface area contributed by atoms with Crippen molar-refractivity contribution in [3.63, 3.8) is 0 Å². The van der Waals surface area contributed by atoms with E-state index in [0.717, 1.165) is 27.2 Å². The van der Waals surface area contributed by atoms with Gasteiger partial charge in [-0.1, -0.05) is 69.6 Å². The molecule has 8 heteroatoms. The number of amides is 3. The summed E-state index contributed by atoms with van der Waals surface area (Å²) >= 11 is 3.93. The van der Waals surface area contributed by atoms with Gasteiger partial charge in [0.25, 0.3) is 0 Å². The monoisotopic (exact) mass is 491 g/mol. The summed E-state index contributed by atoms with van der Waals surface area (Å²) in [5, 5.41) is 6.33. The third-order valence-corrected chi connectivity index (χ3v) is 8.15. The van der Waals surface area contributed by atoms with E-state index in [1.807, 2.05) is 48.5 Å². The van der Waals surface area contributed by atoms with E-state index in [1.165, 1.54) is 0 Å². The number of aromatic nitrogens is 1. The molecule has 3 amide bonds. The van der Waals surface area contributed by atoms with Gasteiger partial charge in [-0.2, -0.15) is 0 Å². The summed E-state index contributed by atoms with van der Waals surface area (Å²) in [5.41, 5.74) is 4.12. The molecule has 3 aliphatic carbocycles. The molecule has 2 bridgehead atoms. The maximum atomic E-state index is 13.6. The number of halogens is 1. The van der Waals surface area contributed by atoms with Crippen LogP contribution in [-0.2, 0) is 18.7 Å². The maximum Gasteiger partial charge on any atom is 0.245 e. The van der Waals surface area contributed by atoms with Gasteiger partial charge in [0, 0.05) is 12.0 Å². The van der Waals surface area contributed by atoms with Gasteiger partial charge < -0.3 is 9.84 Å². The largest absolute Gasteiger partial charge is 0.360 e. The van der Waals surface area contributed by atoms with Crippen LogP contribution in [0, 0.1) is 18.8 Å². The van der Waals surface area contributed by atoms with Crippen molar-refractivity contribution < 1.29 is 18.9 Å². The first-order valence-corrected chi connectivity index (χ1v) is 11.2. The van der Waals surface area contributed by atoms with Gasteiger partial charge >= 0.3 is 0 Å². The number of nitrogens with zero attached hydrogens (tertiary/aromatic N) is 2. The van der Waals surface area contributed by atoms with Crippen LogP contribution in [0.15, 0.2) is 59.1 Å². The Morgan fingerprint density at radius 1 is 1.09 bits per heavy atom. The van der Waals surface area contributed by atoms with Crippen LogP contribution in [0.5, 0.6) is 0 Å². The summed E-state index contributed by atoms with van der Waals surface area (Å²) in [6.45, 7) is 1.35. The van der Waals surface area contributed by atoms with E-state index in [1.54, 1.807) is 13.0 Å². The lowest BCUT2D eigenvalue weighted by molar-refractivity contribution is -0.142. The second kappa shape index (κ2) is 6.62. The van der Waals surface area contributed by atoms with Crippen LogP contribution in [0.25, 0.3) is 0 Å². The number of rotatable bonds is 3. The summed E-state index contributed by atoms with van der Waals surface area (Å²) in [6, 6.07) is 17.5. The minimum absolute atomic E-state index is 0.227. The molecule has 1 aliphatic heterocycles. The summed E-state index contributed by atoms with van der Waals surface area (Å²) < 4.78 is 4.14. The zero-order valence-electron chi connectivity index (χ0n) is 17.0. The molecule has 0 saturated carbocycles. The molecule has 7 rings (SSSR count). The van der Waals surface area contributed by atoms with Gasteiger partial charge in [0.05, 0.1) is 16.2 Å². The van der Waals surface area contributed by atoms with Crippen molar-refractivity contribution in [2.45, 2.75) is 17.2 Å². The van der Waals surface area contributed by atoms with Gasteiger partial charge in [0.2, 0.25) is 17.7 Å². The number of anilines is 1. The SMILES string of the molecule is Cc1cc(NC(=O)CN2C(=O)[C@@H]3[C@@H](C2=O)C2c4ccccc4C3(Br)c3ccccc32)no1. The van der Waals surface area contributed by atoms with Crippen LogP contribution in [0.1, 0.15) is 33.9 Å². The molecule has 3 aromatic rings. The summed E-state index contributed by atoms with van der Waals surface area (Å²) in [6.07, 6.45) is 0. The third-order valence-electron chi connectivity index (χ3n) is 6.80. The Balaban J connectivity index is 1.41. The molecule has 2 heterocycles. The number of alkyl halides is 1. The van der Waals surface area contributed by atoms with Gasteiger partial charge in [-0.3, -0.25) is 19.3 Å². The molecule has 1 fully saturated rings. The van der Waals surface area contributed by atoms with E-state index in [2.05, 4.69) is 26.4 Å². The average Bonchev–Trinajstić information content (AvgIpc) is 3.31. The van der Waals surface area contributed by atoms with Crippen molar-refractivity contribution in [3.05, 3.63) is 82.6 Å². The number of likely N-dealkylation sites (tertiary alicyclic amines) is 1. The molecular formula is C24H18BrN3O4. The first kappa shape index (κ1) is 19.4. The quantitative estimate of drug-likeness (QED) is 0.448. The Labute approximate surface area is 191 Å². The summed E-state index contributed by atoms with van der Waals surface area (Å²) in [4.78, 5) is 40.9. The fraction of sp³-hybridized carbons (Fsp3) is 0.250. The Hall–Kier alpha value is -3.26. The van der Waals surface area contributed by atoms with E-state index in [4.69, 9.17) is 4.52 Å².